The van der Waals surface area contributed by atoms with Gasteiger partial charge in [-0.05, 0) is 62.5 Å². The van der Waals surface area contributed by atoms with Crippen molar-refractivity contribution in [3.8, 4) is 5.75 Å². The Kier molecular flexibility index (Phi) is 4.49. The molecular weight excluding hydrogens is 222 g/mol. The van der Waals surface area contributed by atoms with Crippen LogP contribution in [0.15, 0.2) is 24.3 Å². The molecule has 1 aromatic rings. The number of hydrogen-bond acceptors (Lipinski definition) is 2. The van der Waals surface area contributed by atoms with E-state index in [4.69, 9.17) is 16.3 Å². The highest BCUT2D eigenvalue weighted by Crippen LogP contribution is 2.17. The molecule has 1 heterocycles. The van der Waals surface area contributed by atoms with E-state index < -0.39 is 0 Å². The molecular formula is C13H18ClNO. The summed E-state index contributed by atoms with van der Waals surface area (Å²) in [7, 11) is 0. The van der Waals surface area contributed by atoms with Crippen LogP contribution in [-0.4, -0.2) is 19.7 Å². The number of halogens is 1. The zero-order valence-electron chi connectivity index (χ0n) is 9.42. The summed E-state index contributed by atoms with van der Waals surface area (Å²) in [5.74, 6) is 1.77. The maximum absolute atomic E-state index is 5.80. The average Bonchev–Trinajstić information content (AvgIpc) is 2.80. The van der Waals surface area contributed by atoms with Crippen LogP contribution in [0.5, 0.6) is 5.75 Å². The van der Waals surface area contributed by atoms with Crippen molar-refractivity contribution in [2.75, 3.05) is 19.7 Å². The molecule has 0 aromatic heterocycles. The number of ether oxygens (including phenoxy) is 1. The van der Waals surface area contributed by atoms with Gasteiger partial charge in [0.1, 0.15) is 5.75 Å². The van der Waals surface area contributed by atoms with E-state index in [2.05, 4.69) is 5.32 Å². The third-order valence-corrected chi connectivity index (χ3v) is 3.25. The molecule has 0 radical (unpaired) electrons. The summed E-state index contributed by atoms with van der Waals surface area (Å²) < 4.78 is 5.64. The highest BCUT2D eigenvalue weighted by molar-refractivity contribution is 6.30. The molecule has 0 saturated carbocycles. The summed E-state index contributed by atoms with van der Waals surface area (Å²) in [6, 6.07) is 7.55. The van der Waals surface area contributed by atoms with E-state index in [0.29, 0.717) is 0 Å². The molecule has 1 fully saturated rings. The predicted molar refractivity (Wildman–Crippen MR) is 67.2 cm³/mol. The van der Waals surface area contributed by atoms with E-state index in [0.717, 1.165) is 29.7 Å². The van der Waals surface area contributed by atoms with Gasteiger partial charge < -0.3 is 10.1 Å². The second-order valence-corrected chi connectivity index (χ2v) is 4.74. The van der Waals surface area contributed by atoms with Gasteiger partial charge >= 0.3 is 0 Å². The lowest BCUT2D eigenvalue weighted by molar-refractivity contribution is 0.295. The molecule has 88 valence electrons. The quantitative estimate of drug-likeness (QED) is 0.798. The SMILES string of the molecule is Clc1ccc(OCCCC2CCNC2)cc1. The molecule has 1 aliphatic heterocycles. The smallest absolute Gasteiger partial charge is 0.119 e. The zero-order valence-corrected chi connectivity index (χ0v) is 10.2. The summed E-state index contributed by atoms with van der Waals surface area (Å²) in [5, 5.41) is 4.14. The first-order chi connectivity index (χ1) is 7.84. The molecule has 16 heavy (non-hydrogen) atoms. The topological polar surface area (TPSA) is 21.3 Å². The van der Waals surface area contributed by atoms with Crippen molar-refractivity contribution < 1.29 is 4.74 Å². The van der Waals surface area contributed by atoms with Crippen LogP contribution in [0.4, 0.5) is 0 Å². The molecule has 0 aliphatic carbocycles. The lowest BCUT2D eigenvalue weighted by atomic mass is 10.0. The van der Waals surface area contributed by atoms with Gasteiger partial charge in [0.15, 0.2) is 0 Å². The monoisotopic (exact) mass is 239 g/mol. The molecule has 0 spiro atoms. The maximum Gasteiger partial charge on any atom is 0.119 e. The van der Waals surface area contributed by atoms with Gasteiger partial charge in [-0.15, -0.1) is 0 Å². The number of rotatable bonds is 5. The first-order valence-electron chi connectivity index (χ1n) is 5.94. The molecule has 1 atom stereocenters. The van der Waals surface area contributed by atoms with Gasteiger partial charge in [0.2, 0.25) is 0 Å². The van der Waals surface area contributed by atoms with E-state index in [1.54, 1.807) is 0 Å². The van der Waals surface area contributed by atoms with Crippen LogP contribution >= 0.6 is 11.6 Å². The van der Waals surface area contributed by atoms with E-state index in [9.17, 15) is 0 Å². The van der Waals surface area contributed by atoms with Crippen molar-refractivity contribution >= 4 is 11.6 Å². The Balaban J connectivity index is 1.62. The molecule has 1 N–H and O–H groups in total. The molecule has 1 unspecified atom stereocenters. The third-order valence-electron chi connectivity index (χ3n) is 3.00. The van der Waals surface area contributed by atoms with Gasteiger partial charge in [0.25, 0.3) is 0 Å². The average molecular weight is 240 g/mol. The Morgan fingerprint density at radius 1 is 1.31 bits per heavy atom. The molecule has 1 aliphatic rings. The fourth-order valence-electron chi connectivity index (χ4n) is 2.05. The Bertz CT molecular complexity index is 306. The highest BCUT2D eigenvalue weighted by atomic mass is 35.5. The standard InChI is InChI=1S/C13H18ClNO/c14-12-3-5-13(6-4-12)16-9-1-2-11-7-8-15-10-11/h3-6,11,15H,1-2,7-10H2. The Labute approximate surface area is 102 Å². The van der Waals surface area contributed by atoms with Crippen molar-refractivity contribution in [1.29, 1.82) is 0 Å². The van der Waals surface area contributed by atoms with Crippen molar-refractivity contribution in [3.05, 3.63) is 29.3 Å². The summed E-state index contributed by atoms with van der Waals surface area (Å²) in [6.07, 6.45) is 3.72. The molecule has 0 bridgehead atoms. The van der Waals surface area contributed by atoms with E-state index in [1.807, 2.05) is 24.3 Å². The van der Waals surface area contributed by atoms with E-state index in [1.165, 1.54) is 25.9 Å². The van der Waals surface area contributed by atoms with E-state index >= 15 is 0 Å². The van der Waals surface area contributed by atoms with Crippen LogP contribution in [0.1, 0.15) is 19.3 Å². The van der Waals surface area contributed by atoms with Gasteiger partial charge in [-0.2, -0.15) is 0 Å². The largest absolute Gasteiger partial charge is 0.494 e. The van der Waals surface area contributed by atoms with Crippen LogP contribution in [0.25, 0.3) is 0 Å². The second kappa shape index (κ2) is 6.12. The van der Waals surface area contributed by atoms with Crippen LogP contribution < -0.4 is 10.1 Å². The first-order valence-corrected chi connectivity index (χ1v) is 6.31. The Morgan fingerprint density at radius 2 is 2.12 bits per heavy atom. The zero-order chi connectivity index (χ0) is 11.2. The van der Waals surface area contributed by atoms with Gasteiger partial charge in [0, 0.05) is 5.02 Å². The summed E-state index contributed by atoms with van der Waals surface area (Å²) >= 11 is 5.80. The summed E-state index contributed by atoms with van der Waals surface area (Å²) in [6.45, 7) is 3.17. The number of hydrogen-bond donors (Lipinski definition) is 1. The van der Waals surface area contributed by atoms with Crippen LogP contribution in [0, 0.1) is 5.92 Å². The van der Waals surface area contributed by atoms with Gasteiger partial charge in [-0.3, -0.25) is 0 Å². The minimum Gasteiger partial charge on any atom is -0.494 e. The van der Waals surface area contributed by atoms with Crippen molar-refractivity contribution in [2.45, 2.75) is 19.3 Å². The van der Waals surface area contributed by atoms with Gasteiger partial charge in [0.05, 0.1) is 6.61 Å². The second-order valence-electron chi connectivity index (χ2n) is 4.30. The fourth-order valence-corrected chi connectivity index (χ4v) is 2.18. The van der Waals surface area contributed by atoms with Gasteiger partial charge in [-0.25, -0.2) is 0 Å². The lowest BCUT2D eigenvalue weighted by Crippen LogP contribution is -2.09. The maximum atomic E-state index is 5.80. The summed E-state index contributed by atoms with van der Waals surface area (Å²) in [5.41, 5.74) is 0. The van der Waals surface area contributed by atoms with Crippen molar-refractivity contribution in [1.82, 2.24) is 5.32 Å². The van der Waals surface area contributed by atoms with Crippen LogP contribution in [0.3, 0.4) is 0 Å². The van der Waals surface area contributed by atoms with Gasteiger partial charge in [-0.1, -0.05) is 11.6 Å². The molecule has 1 saturated heterocycles. The Hall–Kier alpha value is -0.730. The minimum atomic E-state index is 0.754. The van der Waals surface area contributed by atoms with Crippen LogP contribution in [0.2, 0.25) is 5.02 Å². The fraction of sp³-hybridized carbons (Fsp3) is 0.538. The Morgan fingerprint density at radius 3 is 2.81 bits per heavy atom. The predicted octanol–water partition coefficient (Wildman–Crippen LogP) is 3.11. The molecule has 2 rings (SSSR count). The highest BCUT2D eigenvalue weighted by Gasteiger charge is 2.13. The first kappa shape index (κ1) is 11.7. The summed E-state index contributed by atoms with van der Waals surface area (Å²) in [4.78, 5) is 0. The lowest BCUT2D eigenvalue weighted by Gasteiger charge is -2.09. The van der Waals surface area contributed by atoms with Crippen molar-refractivity contribution in [3.63, 3.8) is 0 Å². The number of benzene rings is 1. The molecule has 1 aromatic carbocycles. The third kappa shape index (κ3) is 3.69. The molecule has 2 nitrogen and oxygen atoms in total. The van der Waals surface area contributed by atoms with Crippen LogP contribution in [-0.2, 0) is 0 Å². The molecule has 3 heteroatoms. The number of nitrogens with one attached hydrogen (secondary N) is 1. The van der Waals surface area contributed by atoms with E-state index in [-0.39, 0.29) is 0 Å². The minimum absolute atomic E-state index is 0.754. The normalized spacial score (nSPS) is 19.9. The molecule has 0 amide bonds. The van der Waals surface area contributed by atoms with Crippen molar-refractivity contribution in [2.24, 2.45) is 5.92 Å².